The summed E-state index contributed by atoms with van der Waals surface area (Å²) in [5.74, 6) is 1.10. The minimum Gasteiger partial charge on any atom is -0.494 e. The maximum Gasteiger partial charge on any atom is 0.176 e. The molecule has 0 aliphatic carbocycles. The van der Waals surface area contributed by atoms with Gasteiger partial charge in [-0.3, -0.25) is 9.69 Å². The summed E-state index contributed by atoms with van der Waals surface area (Å²) in [5, 5.41) is 0. The van der Waals surface area contributed by atoms with Gasteiger partial charge in [-0.1, -0.05) is 36.4 Å². The smallest absolute Gasteiger partial charge is 0.176 e. The predicted molar refractivity (Wildman–Crippen MR) is 93.1 cm³/mol. The standard InChI is InChI=1S/C20H23NO2/c1-2-23-19-11-9-17(10-12-19)16-5-7-18(8-6-16)20(22)15-21-13-3-4-14-21/h5-12H,2-4,13-15H2,1H3. The van der Waals surface area contributed by atoms with Gasteiger partial charge in [0.2, 0.25) is 0 Å². The number of ketones is 1. The molecule has 1 aliphatic heterocycles. The Labute approximate surface area is 137 Å². The highest BCUT2D eigenvalue weighted by Gasteiger charge is 2.16. The second kappa shape index (κ2) is 7.42. The molecule has 0 amide bonds. The van der Waals surface area contributed by atoms with Crippen LogP contribution in [0.3, 0.4) is 0 Å². The molecule has 2 aromatic rings. The van der Waals surface area contributed by atoms with Gasteiger partial charge in [0.25, 0.3) is 0 Å². The number of ether oxygens (including phenoxy) is 1. The largest absolute Gasteiger partial charge is 0.494 e. The van der Waals surface area contributed by atoms with E-state index in [1.54, 1.807) is 0 Å². The van der Waals surface area contributed by atoms with Crippen LogP contribution in [0.25, 0.3) is 11.1 Å². The third kappa shape index (κ3) is 3.99. The average Bonchev–Trinajstić information content (AvgIpc) is 3.09. The zero-order chi connectivity index (χ0) is 16.1. The third-order valence-electron chi connectivity index (χ3n) is 4.27. The van der Waals surface area contributed by atoms with Gasteiger partial charge in [-0.25, -0.2) is 0 Å². The summed E-state index contributed by atoms with van der Waals surface area (Å²) in [5.41, 5.74) is 3.05. The van der Waals surface area contributed by atoms with E-state index in [9.17, 15) is 4.79 Å². The van der Waals surface area contributed by atoms with Crippen LogP contribution >= 0.6 is 0 Å². The van der Waals surface area contributed by atoms with Crippen LogP contribution in [0.1, 0.15) is 30.1 Å². The highest BCUT2D eigenvalue weighted by Crippen LogP contribution is 2.23. The Morgan fingerprint density at radius 1 is 0.957 bits per heavy atom. The molecule has 1 aliphatic rings. The fraction of sp³-hybridized carbons (Fsp3) is 0.350. The summed E-state index contributed by atoms with van der Waals surface area (Å²) in [7, 11) is 0. The molecule has 1 saturated heterocycles. The van der Waals surface area contributed by atoms with Crippen molar-refractivity contribution in [1.82, 2.24) is 4.90 Å². The van der Waals surface area contributed by atoms with Crippen molar-refractivity contribution >= 4 is 5.78 Å². The fourth-order valence-corrected chi connectivity index (χ4v) is 2.99. The molecule has 120 valence electrons. The normalized spacial score (nSPS) is 14.8. The number of carbonyl (C=O) groups excluding carboxylic acids is 1. The second-order valence-corrected chi connectivity index (χ2v) is 5.94. The van der Waals surface area contributed by atoms with Gasteiger partial charge in [-0.15, -0.1) is 0 Å². The molecule has 0 unspecified atom stereocenters. The SMILES string of the molecule is CCOc1ccc(-c2ccc(C(=O)CN3CCCC3)cc2)cc1. The minimum atomic E-state index is 0.213. The van der Waals surface area contributed by atoms with E-state index in [1.807, 2.05) is 55.5 Å². The molecule has 0 N–H and O–H groups in total. The molecular weight excluding hydrogens is 286 g/mol. The predicted octanol–water partition coefficient (Wildman–Crippen LogP) is 4.03. The Balaban J connectivity index is 1.67. The van der Waals surface area contributed by atoms with E-state index in [2.05, 4.69) is 4.90 Å². The first-order valence-corrected chi connectivity index (χ1v) is 8.35. The Morgan fingerprint density at radius 2 is 1.52 bits per heavy atom. The molecule has 3 heteroatoms. The van der Waals surface area contributed by atoms with E-state index in [4.69, 9.17) is 4.74 Å². The van der Waals surface area contributed by atoms with Gasteiger partial charge in [0.15, 0.2) is 5.78 Å². The second-order valence-electron chi connectivity index (χ2n) is 5.94. The van der Waals surface area contributed by atoms with Crippen molar-refractivity contribution in [2.45, 2.75) is 19.8 Å². The maximum absolute atomic E-state index is 12.3. The van der Waals surface area contributed by atoms with E-state index >= 15 is 0 Å². The number of rotatable bonds is 6. The molecule has 1 fully saturated rings. The van der Waals surface area contributed by atoms with Crippen molar-refractivity contribution in [1.29, 1.82) is 0 Å². The summed E-state index contributed by atoms with van der Waals surface area (Å²) >= 11 is 0. The zero-order valence-electron chi connectivity index (χ0n) is 13.6. The molecule has 0 spiro atoms. The van der Waals surface area contributed by atoms with Crippen molar-refractivity contribution in [2.24, 2.45) is 0 Å². The molecular formula is C20H23NO2. The van der Waals surface area contributed by atoms with Crippen molar-refractivity contribution in [2.75, 3.05) is 26.2 Å². The Bertz CT molecular complexity index is 640. The van der Waals surface area contributed by atoms with Gasteiger partial charge in [-0.05, 0) is 56.1 Å². The number of benzene rings is 2. The molecule has 0 bridgehead atoms. The number of nitrogens with zero attached hydrogens (tertiary/aromatic N) is 1. The summed E-state index contributed by atoms with van der Waals surface area (Å²) in [4.78, 5) is 14.5. The van der Waals surface area contributed by atoms with Crippen molar-refractivity contribution in [3.8, 4) is 16.9 Å². The first-order chi connectivity index (χ1) is 11.3. The number of hydrogen-bond donors (Lipinski definition) is 0. The van der Waals surface area contributed by atoms with Crippen LogP contribution in [0.2, 0.25) is 0 Å². The highest BCUT2D eigenvalue weighted by atomic mass is 16.5. The van der Waals surface area contributed by atoms with Crippen LogP contribution in [0, 0.1) is 0 Å². The minimum absolute atomic E-state index is 0.213. The van der Waals surface area contributed by atoms with Crippen LogP contribution in [0.15, 0.2) is 48.5 Å². The Hall–Kier alpha value is -2.13. The molecule has 0 atom stereocenters. The number of carbonyl (C=O) groups is 1. The Kier molecular flexibility index (Phi) is 5.09. The van der Waals surface area contributed by atoms with Gasteiger partial charge in [0.1, 0.15) is 5.75 Å². The van der Waals surface area contributed by atoms with Gasteiger partial charge >= 0.3 is 0 Å². The van der Waals surface area contributed by atoms with Gasteiger partial charge in [-0.2, -0.15) is 0 Å². The van der Waals surface area contributed by atoms with Crippen molar-refractivity contribution in [3.63, 3.8) is 0 Å². The lowest BCUT2D eigenvalue weighted by atomic mass is 10.0. The summed E-state index contributed by atoms with van der Waals surface area (Å²) in [6.07, 6.45) is 2.42. The molecule has 0 saturated carbocycles. The molecule has 1 heterocycles. The fourth-order valence-electron chi connectivity index (χ4n) is 2.99. The lowest BCUT2D eigenvalue weighted by molar-refractivity contribution is 0.0945. The van der Waals surface area contributed by atoms with E-state index in [-0.39, 0.29) is 5.78 Å². The monoisotopic (exact) mass is 309 g/mol. The number of hydrogen-bond acceptors (Lipinski definition) is 3. The topological polar surface area (TPSA) is 29.5 Å². The van der Waals surface area contributed by atoms with E-state index in [1.165, 1.54) is 12.8 Å². The van der Waals surface area contributed by atoms with Gasteiger partial charge < -0.3 is 4.74 Å². The summed E-state index contributed by atoms with van der Waals surface area (Å²) in [6.45, 7) is 5.30. The molecule has 3 nitrogen and oxygen atoms in total. The molecule has 3 rings (SSSR count). The van der Waals surface area contributed by atoms with Crippen molar-refractivity contribution < 1.29 is 9.53 Å². The van der Waals surface area contributed by atoms with E-state index < -0.39 is 0 Å². The molecule has 0 radical (unpaired) electrons. The highest BCUT2D eigenvalue weighted by molar-refractivity contribution is 5.98. The number of likely N-dealkylation sites (tertiary alicyclic amines) is 1. The molecule has 2 aromatic carbocycles. The van der Waals surface area contributed by atoms with Gasteiger partial charge in [0, 0.05) is 5.56 Å². The first-order valence-electron chi connectivity index (χ1n) is 8.35. The summed E-state index contributed by atoms with van der Waals surface area (Å²) in [6, 6.07) is 16.0. The zero-order valence-corrected chi connectivity index (χ0v) is 13.6. The van der Waals surface area contributed by atoms with Crippen LogP contribution in [-0.2, 0) is 0 Å². The summed E-state index contributed by atoms with van der Waals surface area (Å²) < 4.78 is 5.46. The van der Waals surface area contributed by atoms with Gasteiger partial charge in [0.05, 0.1) is 13.2 Å². The van der Waals surface area contributed by atoms with E-state index in [0.29, 0.717) is 13.2 Å². The van der Waals surface area contributed by atoms with Crippen LogP contribution in [-0.4, -0.2) is 36.9 Å². The van der Waals surface area contributed by atoms with Crippen LogP contribution in [0.4, 0.5) is 0 Å². The molecule has 0 aromatic heterocycles. The maximum atomic E-state index is 12.3. The van der Waals surface area contributed by atoms with Crippen LogP contribution in [0.5, 0.6) is 5.75 Å². The average molecular weight is 309 g/mol. The third-order valence-corrected chi connectivity index (χ3v) is 4.27. The quantitative estimate of drug-likeness (QED) is 0.755. The van der Waals surface area contributed by atoms with Crippen LogP contribution < -0.4 is 4.74 Å². The van der Waals surface area contributed by atoms with E-state index in [0.717, 1.165) is 35.5 Å². The number of Topliss-reactive ketones (excluding diaryl/α,β-unsaturated/α-hetero) is 1. The lowest BCUT2D eigenvalue weighted by Gasteiger charge is -2.13. The lowest BCUT2D eigenvalue weighted by Crippen LogP contribution is -2.26. The Morgan fingerprint density at radius 3 is 2.09 bits per heavy atom. The first kappa shape index (κ1) is 15.8. The van der Waals surface area contributed by atoms with Crippen molar-refractivity contribution in [3.05, 3.63) is 54.1 Å². The molecule has 23 heavy (non-hydrogen) atoms.